The van der Waals surface area contributed by atoms with Gasteiger partial charge in [-0.2, -0.15) is 4.98 Å². The van der Waals surface area contributed by atoms with E-state index >= 15 is 0 Å². The van der Waals surface area contributed by atoms with E-state index in [9.17, 15) is 15.2 Å². The number of hydrogen-bond donors (Lipinski definition) is 2. The molecule has 0 spiro atoms. The Balaban J connectivity index is 1.87. The number of nitrogens with zero attached hydrogens (tertiary/aromatic N) is 4. The standard InChI is InChI=1S/C20H18BrN5O5S/c1-3-30-15-8-10(7-14(17(15)27)26(28)29)18-22-13-6-5-11(21)9-12(13)16-19(31-18)23-20(25-24-16)32-4-2/h5-9,18,22,27H,3-4H2,1-2H3/t18-/m0/s1. The van der Waals surface area contributed by atoms with Gasteiger partial charge in [0.2, 0.25) is 16.8 Å². The molecule has 10 nitrogen and oxygen atoms in total. The van der Waals surface area contributed by atoms with Crippen LogP contribution in [-0.2, 0) is 0 Å². The third-order valence-corrected chi connectivity index (χ3v) is 5.75. The highest BCUT2D eigenvalue weighted by Gasteiger charge is 2.30. The van der Waals surface area contributed by atoms with Crippen molar-refractivity contribution in [2.45, 2.75) is 25.2 Å². The second-order valence-corrected chi connectivity index (χ2v) is 8.74. The van der Waals surface area contributed by atoms with E-state index in [1.807, 2.05) is 25.1 Å². The van der Waals surface area contributed by atoms with Crippen LogP contribution in [0.2, 0.25) is 0 Å². The average molecular weight is 520 g/mol. The summed E-state index contributed by atoms with van der Waals surface area (Å²) in [5, 5.41) is 34.0. The fraction of sp³-hybridized carbons (Fsp3) is 0.250. The number of aromatic hydroxyl groups is 1. The summed E-state index contributed by atoms with van der Waals surface area (Å²) < 4.78 is 12.4. The number of hydrogen-bond acceptors (Lipinski definition) is 10. The van der Waals surface area contributed by atoms with Crippen molar-refractivity contribution in [3.05, 3.63) is 50.5 Å². The molecule has 1 aliphatic heterocycles. The molecule has 32 heavy (non-hydrogen) atoms. The number of anilines is 1. The number of fused-ring (bicyclic) bond motifs is 3. The van der Waals surface area contributed by atoms with Gasteiger partial charge < -0.3 is 19.9 Å². The number of phenolic OH excluding ortho intramolecular Hbond substituents is 1. The molecule has 0 fully saturated rings. The number of nitro groups is 1. The molecule has 2 heterocycles. The lowest BCUT2D eigenvalue weighted by Gasteiger charge is -2.20. The molecular formula is C20H18BrN5O5S. The summed E-state index contributed by atoms with van der Waals surface area (Å²) in [4.78, 5) is 15.4. The summed E-state index contributed by atoms with van der Waals surface area (Å²) in [6.07, 6.45) is -0.870. The zero-order valence-corrected chi connectivity index (χ0v) is 19.4. The van der Waals surface area contributed by atoms with Gasteiger partial charge >= 0.3 is 5.69 Å². The van der Waals surface area contributed by atoms with E-state index in [0.717, 1.165) is 10.2 Å². The van der Waals surface area contributed by atoms with Crippen LogP contribution in [0.1, 0.15) is 25.6 Å². The van der Waals surface area contributed by atoms with Crippen molar-refractivity contribution >= 4 is 39.1 Å². The number of benzene rings is 2. The van der Waals surface area contributed by atoms with Gasteiger partial charge in [0, 0.05) is 27.4 Å². The van der Waals surface area contributed by atoms with Crippen LogP contribution in [0.5, 0.6) is 17.4 Å². The second kappa shape index (κ2) is 9.17. The molecule has 12 heteroatoms. The molecular weight excluding hydrogens is 502 g/mol. The molecule has 0 saturated heterocycles. The normalized spacial score (nSPS) is 14.4. The van der Waals surface area contributed by atoms with Gasteiger partial charge in [-0.05, 0) is 36.9 Å². The molecule has 0 aliphatic carbocycles. The molecule has 0 unspecified atom stereocenters. The van der Waals surface area contributed by atoms with Gasteiger partial charge in [-0.15, -0.1) is 10.2 Å². The predicted molar refractivity (Wildman–Crippen MR) is 122 cm³/mol. The maximum Gasteiger partial charge on any atom is 0.315 e. The molecule has 2 N–H and O–H groups in total. The summed E-state index contributed by atoms with van der Waals surface area (Å²) >= 11 is 4.88. The summed E-state index contributed by atoms with van der Waals surface area (Å²) in [5.74, 6) is 0.445. The van der Waals surface area contributed by atoms with Crippen molar-refractivity contribution in [1.82, 2.24) is 15.2 Å². The molecule has 0 radical (unpaired) electrons. The lowest BCUT2D eigenvalue weighted by molar-refractivity contribution is -0.386. The molecule has 0 amide bonds. The van der Waals surface area contributed by atoms with Crippen LogP contribution in [0.15, 0.2) is 40.0 Å². The SMILES string of the molecule is CCOc1cc([C@H]2Nc3ccc(Br)cc3-c3nnc(SCC)nc3O2)cc([N+](=O)[O-])c1O. The number of phenols is 1. The third kappa shape index (κ3) is 4.28. The minimum Gasteiger partial charge on any atom is -0.500 e. The Kier molecular flexibility index (Phi) is 6.33. The van der Waals surface area contributed by atoms with Gasteiger partial charge in [0.25, 0.3) is 0 Å². The second-order valence-electron chi connectivity index (χ2n) is 6.59. The fourth-order valence-corrected chi connectivity index (χ4v) is 4.05. The summed E-state index contributed by atoms with van der Waals surface area (Å²) in [5.41, 5.74) is 1.72. The van der Waals surface area contributed by atoms with E-state index in [-0.39, 0.29) is 18.2 Å². The molecule has 3 aromatic rings. The van der Waals surface area contributed by atoms with Crippen molar-refractivity contribution in [1.29, 1.82) is 0 Å². The van der Waals surface area contributed by atoms with Gasteiger partial charge in [0.15, 0.2) is 17.7 Å². The highest BCUT2D eigenvalue weighted by atomic mass is 79.9. The largest absolute Gasteiger partial charge is 0.500 e. The number of thioether (sulfide) groups is 1. The Bertz CT molecular complexity index is 1200. The van der Waals surface area contributed by atoms with Crippen LogP contribution >= 0.6 is 27.7 Å². The first kappa shape index (κ1) is 22.1. The molecule has 1 aliphatic rings. The monoisotopic (exact) mass is 519 g/mol. The molecule has 0 saturated carbocycles. The highest BCUT2D eigenvalue weighted by molar-refractivity contribution is 9.10. The zero-order chi connectivity index (χ0) is 22.8. The molecule has 4 rings (SSSR count). The van der Waals surface area contributed by atoms with E-state index in [1.165, 1.54) is 23.9 Å². The number of rotatable bonds is 6. The number of halogens is 1. The summed E-state index contributed by atoms with van der Waals surface area (Å²) in [7, 11) is 0. The van der Waals surface area contributed by atoms with Gasteiger partial charge in [-0.25, -0.2) is 0 Å². The van der Waals surface area contributed by atoms with Crippen LogP contribution in [0.3, 0.4) is 0 Å². The van der Waals surface area contributed by atoms with Crippen molar-refractivity contribution in [3.8, 4) is 28.6 Å². The quantitative estimate of drug-likeness (QED) is 0.262. The Hall–Kier alpha value is -3.12. The van der Waals surface area contributed by atoms with Crippen molar-refractivity contribution in [3.63, 3.8) is 0 Å². The predicted octanol–water partition coefficient (Wildman–Crippen LogP) is 4.93. The Labute approximate surface area is 195 Å². The van der Waals surface area contributed by atoms with E-state index in [2.05, 4.69) is 36.4 Å². The highest BCUT2D eigenvalue weighted by Crippen LogP contribution is 2.44. The van der Waals surface area contributed by atoms with Crippen LogP contribution in [0.25, 0.3) is 11.3 Å². The summed E-state index contributed by atoms with van der Waals surface area (Å²) in [6.45, 7) is 3.92. The van der Waals surface area contributed by atoms with E-state index in [1.54, 1.807) is 6.92 Å². The number of ether oxygens (including phenoxy) is 2. The van der Waals surface area contributed by atoms with Crippen LogP contribution < -0.4 is 14.8 Å². The van der Waals surface area contributed by atoms with Gasteiger partial charge in [-0.3, -0.25) is 10.1 Å². The maximum atomic E-state index is 11.5. The lowest BCUT2D eigenvalue weighted by Crippen LogP contribution is -2.17. The first-order valence-electron chi connectivity index (χ1n) is 9.66. The van der Waals surface area contributed by atoms with Crippen LogP contribution in [-0.4, -0.2) is 37.6 Å². The Morgan fingerprint density at radius 1 is 1.31 bits per heavy atom. The van der Waals surface area contributed by atoms with E-state index in [4.69, 9.17) is 9.47 Å². The first-order chi connectivity index (χ1) is 15.4. The van der Waals surface area contributed by atoms with Crippen LogP contribution in [0.4, 0.5) is 11.4 Å². The van der Waals surface area contributed by atoms with Crippen LogP contribution in [0, 0.1) is 10.1 Å². The molecule has 0 bridgehead atoms. The van der Waals surface area contributed by atoms with E-state index in [0.29, 0.717) is 27.7 Å². The number of nitrogens with one attached hydrogen (secondary N) is 1. The van der Waals surface area contributed by atoms with Gasteiger partial charge in [-0.1, -0.05) is 34.6 Å². The minimum absolute atomic E-state index is 0.00867. The minimum atomic E-state index is -0.870. The number of nitro benzene ring substituents is 1. The lowest BCUT2D eigenvalue weighted by atomic mass is 10.1. The van der Waals surface area contributed by atoms with Crippen molar-refractivity contribution in [2.75, 3.05) is 17.7 Å². The zero-order valence-electron chi connectivity index (χ0n) is 17.0. The molecule has 166 valence electrons. The third-order valence-electron chi connectivity index (χ3n) is 4.54. The maximum absolute atomic E-state index is 11.5. The van der Waals surface area contributed by atoms with E-state index < -0.39 is 22.6 Å². The topological polar surface area (TPSA) is 133 Å². The fourth-order valence-electron chi connectivity index (χ4n) is 3.18. The Morgan fingerprint density at radius 3 is 2.84 bits per heavy atom. The Morgan fingerprint density at radius 2 is 2.12 bits per heavy atom. The molecule has 2 aromatic carbocycles. The summed E-state index contributed by atoms with van der Waals surface area (Å²) in [6, 6.07) is 8.29. The average Bonchev–Trinajstić information content (AvgIpc) is 2.91. The molecule has 1 aromatic heterocycles. The number of aromatic nitrogens is 3. The van der Waals surface area contributed by atoms with Crippen molar-refractivity contribution in [2.24, 2.45) is 0 Å². The van der Waals surface area contributed by atoms with Crippen molar-refractivity contribution < 1.29 is 19.5 Å². The van der Waals surface area contributed by atoms with Gasteiger partial charge in [0.05, 0.1) is 11.5 Å². The molecule has 1 atom stereocenters. The first-order valence-corrected chi connectivity index (χ1v) is 11.4. The smallest absolute Gasteiger partial charge is 0.315 e. The van der Waals surface area contributed by atoms with Gasteiger partial charge in [0.1, 0.15) is 0 Å².